The maximum atomic E-state index is 14.3. The number of benzene rings is 2. The fourth-order valence-corrected chi connectivity index (χ4v) is 4.07. The highest BCUT2D eigenvalue weighted by Crippen LogP contribution is 2.37. The molecule has 3 nitrogen and oxygen atoms in total. The Morgan fingerprint density at radius 1 is 1.29 bits per heavy atom. The quantitative estimate of drug-likeness (QED) is 0.783. The van der Waals surface area contributed by atoms with Crippen LogP contribution in [-0.2, 0) is 5.54 Å². The fraction of sp³-hybridized carbons (Fsp3) is 0.222. The summed E-state index contributed by atoms with van der Waals surface area (Å²) in [6.45, 7) is 1.90. The maximum Gasteiger partial charge on any atom is 0.257 e. The van der Waals surface area contributed by atoms with E-state index in [4.69, 9.17) is 0 Å². The lowest BCUT2D eigenvalue weighted by atomic mass is 9.89. The summed E-state index contributed by atoms with van der Waals surface area (Å²) in [5, 5.41) is 3.36. The highest BCUT2D eigenvalue weighted by atomic mass is 79.9. The first kappa shape index (κ1) is 17.2. The van der Waals surface area contributed by atoms with Crippen LogP contribution in [-0.4, -0.2) is 16.8 Å². The van der Waals surface area contributed by atoms with Gasteiger partial charge in [0.15, 0.2) is 5.17 Å². The molecule has 1 N–H and O–H groups in total. The van der Waals surface area contributed by atoms with Crippen LogP contribution in [0, 0.1) is 5.82 Å². The van der Waals surface area contributed by atoms with Gasteiger partial charge in [0.25, 0.3) is 5.91 Å². The Labute approximate surface area is 152 Å². The van der Waals surface area contributed by atoms with Gasteiger partial charge in [0.1, 0.15) is 5.82 Å². The zero-order valence-corrected chi connectivity index (χ0v) is 15.5. The number of amides is 1. The number of carbonyl (C=O) groups is 1. The van der Waals surface area contributed by atoms with Crippen LogP contribution in [0.25, 0.3) is 0 Å². The largest absolute Gasteiger partial charge is 0.301 e. The molecule has 0 saturated carbocycles. The first-order chi connectivity index (χ1) is 11.5. The van der Waals surface area contributed by atoms with Gasteiger partial charge in [-0.2, -0.15) is 0 Å². The van der Waals surface area contributed by atoms with Crippen molar-refractivity contribution in [1.29, 1.82) is 0 Å². The minimum absolute atomic E-state index is 0.208. The second-order valence-electron chi connectivity index (χ2n) is 5.73. The second-order valence-corrected chi connectivity index (χ2v) is 7.73. The van der Waals surface area contributed by atoms with Crippen LogP contribution in [0.3, 0.4) is 0 Å². The molecule has 1 amide bonds. The van der Waals surface area contributed by atoms with E-state index in [0.29, 0.717) is 22.7 Å². The molecule has 124 valence electrons. The smallest absolute Gasteiger partial charge is 0.257 e. The van der Waals surface area contributed by atoms with Crippen molar-refractivity contribution < 1.29 is 9.18 Å². The minimum Gasteiger partial charge on any atom is -0.301 e. The number of thioether (sulfide) groups is 1. The van der Waals surface area contributed by atoms with E-state index in [9.17, 15) is 9.18 Å². The number of halogens is 2. The number of amidine groups is 1. The lowest BCUT2D eigenvalue weighted by Gasteiger charge is -2.31. The van der Waals surface area contributed by atoms with E-state index < -0.39 is 5.54 Å². The Bertz CT molecular complexity index is 797. The predicted octanol–water partition coefficient (Wildman–Crippen LogP) is 4.73. The van der Waals surface area contributed by atoms with Crippen molar-refractivity contribution in [3.05, 3.63) is 69.9 Å². The van der Waals surface area contributed by atoms with E-state index in [0.717, 1.165) is 10.2 Å². The van der Waals surface area contributed by atoms with Crippen molar-refractivity contribution in [3.8, 4) is 0 Å². The van der Waals surface area contributed by atoms with Crippen molar-refractivity contribution in [2.75, 3.05) is 5.75 Å². The van der Waals surface area contributed by atoms with Crippen LogP contribution in [0.5, 0.6) is 0 Å². The third kappa shape index (κ3) is 3.70. The summed E-state index contributed by atoms with van der Waals surface area (Å²) >= 11 is 4.86. The molecule has 0 fully saturated rings. The molecule has 0 radical (unpaired) electrons. The minimum atomic E-state index is -0.696. The first-order valence-corrected chi connectivity index (χ1v) is 9.30. The van der Waals surface area contributed by atoms with Gasteiger partial charge >= 0.3 is 0 Å². The Kier molecular flexibility index (Phi) is 5.06. The number of rotatable bonds is 2. The van der Waals surface area contributed by atoms with E-state index in [1.54, 1.807) is 24.3 Å². The van der Waals surface area contributed by atoms with E-state index in [1.807, 2.05) is 25.1 Å². The molecule has 1 heterocycles. The first-order valence-electron chi connectivity index (χ1n) is 7.52. The van der Waals surface area contributed by atoms with E-state index >= 15 is 0 Å². The highest BCUT2D eigenvalue weighted by molar-refractivity contribution is 9.10. The molecule has 24 heavy (non-hydrogen) atoms. The molecule has 6 heteroatoms. The van der Waals surface area contributed by atoms with E-state index in [1.165, 1.54) is 17.8 Å². The molecular weight excluding hydrogens is 391 g/mol. The molecule has 0 aromatic heterocycles. The van der Waals surface area contributed by atoms with Crippen LogP contribution >= 0.6 is 27.7 Å². The number of nitrogens with zero attached hydrogens (tertiary/aromatic N) is 1. The number of nitrogens with one attached hydrogen (secondary N) is 1. The molecular formula is C18H16BrFN2OS. The molecule has 0 spiro atoms. The second kappa shape index (κ2) is 7.07. The van der Waals surface area contributed by atoms with Crippen molar-refractivity contribution in [2.45, 2.75) is 18.9 Å². The van der Waals surface area contributed by atoms with Crippen LogP contribution in [0.1, 0.15) is 29.3 Å². The SMILES string of the molecule is C[C@@]1(c2cc(Br)ccc2F)CCSC(NC(=O)c2ccccc2)=N1. The number of hydrogen-bond acceptors (Lipinski definition) is 3. The molecule has 0 bridgehead atoms. The maximum absolute atomic E-state index is 14.3. The average molecular weight is 407 g/mol. The number of aliphatic imine (C=N–C) groups is 1. The van der Waals surface area contributed by atoms with E-state index in [2.05, 4.69) is 26.2 Å². The third-order valence-electron chi connectivity index (χ3n) is 3.94. The summed E-state index contributed by atoms with van der Waals surface area (Å²) < 4.78 is 15.1. The lowest BCUT2D eigenvalue weighted by Crippen LogP contribution is -2.35. The third-order valence-corrected chi connectivity index (χ3v) is 5.31. The van der Waals surface area contributed by atoms with Gasteiger partial charge in [-0.15, -0.1) is 0 Å². The molecule has 2 aromatic carbocycles. The number of hydrogen-bond donors (Lipinski definition) is 1. The zero-order chi connectivity index (χ0) is 17.2. The number of carbonyl (C=O) groups excluding carboxylic acids is 1. The van der Waals surface area contributed by atoms with Gasteiger partial charge < -0.3 is 5.32 Å². The summed E-state index contributed by atoms with van der Waals surface area (Å²) in [6, 6.07) is 13.8. The fourth-order valence-electron chi connectivity index (χ4n) is 2.59. The summed E-state index contributed by atoms with van der Waals surface area (Å²) in [5.41, 5.74) is 0.406. The van der Waals surface area contributed by atoms with Gasteiger partial charge in [-0.3, -0.25) is 9.79 Å². The summed E-state index contributed by atoms with van der Waals surface area (Å²) in [5.74, 6) is 0.266. The van der Waals surface area contributed by atoms with Crippen LogP contribution < -0.4 is 5.32 Å². The summed E-state index contributed by atoms with van der Waals surface area (Å²) in [4.78, 5) is 16.9. The predicted molar refractivity (Wildman–Crippen MR) is 99.9 cm³/mol. The van der Waals surface area contributed by atoms with Crippen molar-refractivity contribution in [1.82, 2.24) is 5.32 Å². The zero-order valence-electron chi connectivity index (χ0n) is 13.1. The van der Waals surface area contributed by atoms with Gasteiger partial charge in [0.2, 0.25) is 0 Å². The summed E-state index contributed by atoms with van der Waals surface area (Å²) in [6.07, 6.45) is 0.704. The van der Waals surface area contributed by atoms with Crippen LogP contribution in [0.15, 0.2) is 58.0 Å². The molecule has 0 saturated heterocycles. The molecule has 3 rings (SSSR count). The van der Waals surface area contributed by atoms with Gasteiger partial charge in [-0.1, -0.05) is 45.9 Å². The van der Waals surface area contributed by atoms with Gasteiger partial charge in [-0.25, -0.2) is 4.39 Å². The Morgan fingerprint density at radius 2 is 2.04 bits per heavy atom. The van der Waals surface area contributed by atoms with Crippen LogP contribution in [0.2, 0.25) is 0 Å². The van der Waals surface area contributed by atoms with E-state index in [-0.39, 0.29) is 11.7 Å². The Morgan fingerprint density at radius 3 is 2.79 bits per heavy atom. The average Bonchev–Trinajstić information content (AvgIpc) is 2.58. The highest BCUT2D eigenvalue weighted by Gasteiger charge is 2.33. The molecule has 0 aliphatic carbocycles. The Balaban J connectivity index is 1.87. The van der Waals surface area contributed by atoms with Gasteiger partial charge in [0, 0.05) is 21.4 Å². The molecule has 1 aliphatic heterocycles. The summed E-state index contributed by atoms with van der Waals surface area (Å²) in [7, 11) is 0. The van der Waals surface area contributed by atoms with Crippen molar-refractivity contribution in [2.24, 2.45) is 4.99 Å². The van der Waals surface area contributed by atoms with Crippen molar-refractivity contribution in [3.63, 3.8) is 0 Å². The topological polar surface area (TPSA) is 41.5 Å². The molecule has 1 atom stereocenters. The standard InChI is InChI=1S/C18H16BrFN2OS/c1-18(14-11-13(19)7-8-15(14)20)9-10-24-17(22-18)21-16(23)12-5-3-2-4-6-12/h2-8,11H,9-10H2,1H3,(H,21,22,23)/t18-/m0/s1. The normalized spacial score (nSPS) is 20.4. The van der Waals surface area contributed by atoms with Gasteiger partial charge in [0.05, 0.1) is 5.54 Å². The molecule has 1 aliphatic rings. The molecule has 2 aromatic rings. The Hall–Kier alpha value is -1.66. The van der Waals surface area contributed by atoms with Gasteiger partial charge in [-0.05, 0) is 43.7 Å². The van der Waals surface area contributed by atoms with Crippen molar-refractivity contribution >= 4 is 38.8 Å². The lowest BCUT2D eigenvalue weighted by molar-refractivity contribution is 0.0977. The van der Waals surface area contributed by atoms with Crippen LogP contribution in [0.4, 0.5) is 4.39 Å². The molecule has 0 unspecified atom stereocenters. The monoisotopic (exact) mass is 406 g/mol.